The normalized spacial score (nSPS) is 12.8. The molecule has 0 aromatic carbocycles. The number of hydrogen-bond donors (Lipinski definition) is 1. The van der Waals surface area contributed by atoms with E-state index in [9.17, 15) is 0 Å². The van der Waals surface area contributed by atoms with Crippen LogP contribution >= 0.6 is 34.9 Å². The van der Waals surface area contributed by atoms with E-state index in [0.717, 1.165) is 26.7 Å². The lowest BCUT2D eigenvalue weighted by atomic mass is 10.2. The summed E-state index contributed by atoms with van der Waals surface area (Å²) in [6, 6.07) is 4.14. The molecule has 0 fully saturated rings. The predicted octanol–water partition coefficient (Wildman–Crippen LogP) is 3.30. The quantitative estimate of drug-likeness (QED) is 0.625. The Labute approximate surface area is 119 Å². The van der Waals surface area contributed by atoms with Gasteiger partial charge in [0.25, 0.3) is 0 Å². The standard InChI is InChI=1S/C11H15N3OS3/c1-8(9-4-3-6-15-9)12-5-7-17-11-14-13-10(16-2)18-11/h3-4,6,8,12H,5,7H2,1-2H3. The lowest BCUT2D eigenvalue weighted by molar-refractivity contribution is 0.438. The molecule has 2 aromatic heterocycles. The number of aromatic nitrogens is 2. The molecule has 0 aliphatic heterocycles. The van der Waals surface area contributed by atoms with Crippen molar-refractivity contribution in [2.24, 2.45) is 0 Å². The van der Waals surface area contributed by atoms with Crippen LogP contribution < -0.4 is 5.32 Å². The average Bonchev–Trinajstić information content (AvgIpc) is 3.05. The number of nitrogens with one attached hydrogen (secondary N) is 1. The molecule has 0 saturated carbocycles. The second kappa shape index (κ2) is 7.18. The molecular formula is C11H15N3OS3. The molecule has 0 bridgehead atoms. The number of thioether (sulfide) groups is 2. The van der Waals surface area contributed by atoms with Crippen molar-refractivity contribution in [2.45, 2.75) is 21.6 Å². The molecule has 98 valence electrons. The van der Waals surface area contributed by atoms with E-state index in [4.69, 9.17) is 4.42 Å². The molecule has 0 saturated heterocycles. The third kappa shape index (κ3) is 4.01. The van der Waals surface area contributed by atoms with Crippen molar-refractivity contribution in [1.29, 1.82) is 0 Å². The van der Waals surface area contributed by atoms with Gasteiger partial charge in [0.1, 0.15) is 5.76 Å². The largest absolute Gasteiger partial charge is 0.468 e. The van der Waals surface area contributed by atoms with E-state index < -0.39 is 0 Å². The van der Waals surface area contributed by atoms with E-state index in [2.05, 4.69) is 22.4 Å². The summed E-state index contributed by atoms with van der Waals surface area (Å²) in [4.78, 5) is 0. The van der Waals surface area contributed by atoms with Gasteiger partial charge in [0.15, 0.2) is 8.68 Å². The summed E-state index contributed by atoms with van der Waals surface area (Å²) in [5.41, 5.74) is 0. The Bertz CT molecular complexity index is 458. The highest BCUT2D eigenvalue weighted by atomic mass is 32.2. The number of hydrogen-bond acceptors (Lipinski definition) is 7. The van der Waals surface area contributed by atoms with Gasteiger partial charge in [-0.3, -0.25) is 0 Å². The fourth-order valence-electron chi connectivity index (χ4n) is 1.39. The zero-order chi connectivity index (χ0) is 12.8. The fraction of sp³-hybridized carbons (Fsp3) is 0.455. The number of nitrogens with zero attached hydrogens (tertiary/aromatic N) is 2. The minimum atomic E-state index is 0.247. The maximum Gasteiger partial charge on any atom is 0.175 e. The molecule has 1 atom stereocenters. The topological polar surface area (TPSA) is 51.0 Å². The van der Waals surface area contributed by atoms with E-state index >= 15 is 0 Å². The van der Waals surface area contributed by atoms with Crippen molar-refractivity contribution in [2.75, 3.05) is 18.6 Å². The van der Waals surface area contributed by atoms with Gasteiger partial charge in [-0.05, 0) is 25.3 Å². The highest BCUT2D eigenvalue weighted by Crippen LogP contribution is 2.26. The molecule has 0 radical (unpaired) electrons. The molecule has 2 heterocycles. The first-order chi connectivity index (χ1) is 8.79. The van der Waals surface area contributed by atoms with E-state index in [0.29, 0.717) is 0 Å². The maximum absolute atomic E-state index is 5.34. The lowest BCUT2D eigenvalue weighted by Crippen LogP contribution is -2.20. The van der Waals surface area contributed by atoms with Crippen molar-refractivity contribution < 1.29 is 4.42 Å². The van der Waals surface area contributed by atoms with Gasteiger partial charge in [-0.25, -0.2) is 0 Å². The molecule has 2 rings (SSSR count). The van der Waals surface area contributed by atoms with Gasteiger partial charge >= 0.3 is 0 Å². The van der Waals surface area contributed by atoms with Crippen LogP contribution in [0.5, 0.6) is 0 Å². The van der Waals surface area contributed by atoms with Crippen molar-refractivity contribution in [1.82, 2.24) is 15.5 Å². The highest BCUT2D eigenvalue weighted by Gasteiger charge is 2.07. The number of furan rings is 1. The average molecular weight is 301 g/mol. The van der Waals surface area contributed by atoms with Crippen LogP contribution in [0.25, 0.3) is 0 Å². The zero-order valence-corrected chi connectivity index (χ0v) is 12.7. The van der Waals surface area contributed by atoms with E-state index in [1.807, 2.05) is 18.4 Å². The SMILES string of the molecule is CSc1nnc(SCCNC(C)c2ccco2)s1. The van der Waals surface area contributed by atoms with Crippen molar-refractivity contribution in [3.05, 3.63) is 24.2 Å². The molecule has 2 aromatic rings. The summed E-state index contributed by atoms with van der Waals surface area (Å²) in [5, 5.41) is 11.6. The summed E-state index contributed by atoms with van der Waals surface area (Å²) in [6.45, 7) is 3.01. The minimum absolute atomic E-state index is 0.247. The minimum Gasteiger partial charge on any atom is -0.468 e. The van der Waals surface area contributed by atoms with E-state index in [1.165, 1.54) is 0 Å². The van der Waals surface area contributed by atoms with Crippen LogP contribution in [0.1, 0.15) is 18.7 Å². The van der Waals surface area contributed by atoms with Crippen LogP contribution in [-0.2, 0) is 0 Å². The summed E-state index contributed by atoms with van der Waals surface area (Å²) >= 11 is 5.02. The van der Waals surface area contributed by atoms with Gasteiger partial charge in [0.2, 0.25) is 0 Å². The van der Waals surface area contributed by atoms with E-state index in [1.54, 1.807) is 41.1 Å². The van der Waals surface area contributed by atoms with Crippen LogP contribution in [0.2, 0.25) is 0 Å². The Hall–Kier alpha value is -0.500. The van der Waals surface area contributed by atoms with Crippen LogP contribution in [0.3, 0.4) is 0 Å². The molecule has 0 aliphatic rings. The van der Waals surface area contributed by atoms with E-state index in [-0.39, 0.29) is 6.04 Å². The predicted molar refractivity (Wildman–Crippen MR) is 77.5 cm³/mol. The first-order valence-electron chi connectivity index (χ1n) is 5.56. The van der Waals surface area contributed by atoms with Crippen molar-refractivity contribution >= 4 is 34.9 Å². The molecule has 1 unspecified atom stereocenters. The Morgan fingerprint density at radius 2 is 2.28 bits per heavy atom. The molecule has 0 amide bonds. The molecule has 1 N–H and O–H groups in total. The first-order valence-corrected chi connectivity index (χ1v) is 8.59. The Balaban J connectivity index is 1.67. The second-order valence-electron chi connectivity index (χ2n) is 3.58. The van der Waals surface area contributed by atoms with Gasteiger partial charge in [0.05, 0.1) is 12.3 Å². The molecular weight excluding hydrogens is 286 g/mol. The highest BCUT2D eigenvalue weighted by molar-refractivity contribution is 8.02. The fourth-order valence-corrected chi connectivity index (χ4v) is 3.77. The van der Waals surface area contributed by atoms with Gasteiger partial charge in [-0.1, -0.05) is 34.9 Å². The van der Waals surface area contributed by atoms with Gasteiger partial charge in [-0.15, -0.1) is 10.2 Å². The monoisotopic (exact) mass is 301 g/mol. The Morgan fingerprint density at radius 3 is 2.94 bits per heavy atom. The van der Waals surface area contributed by atoms with Crippen molar-refractivity contribution in [3.8, 4) is 0 Å². The molecule has 4 nitrogen and oxygen atoms in total. The summed E-state index contributed by atoms with van der Waals surface area (Å²) in [7, 11) is 0. The molecule has 0 spiro atoms. The van der Waals surface area contributed by atoms with Gasteiger partial charge in [0, 0.05) is 12.3 Å². The maximum atomic E-state index is 5.34. The zero-order valence-electron chi connectivity index (χ0n) is 10.3. The Kier molecular flexibility index (Phi) is 5.55. The summed E-state index contributed by atoms with van der Waals surface area (Å²) in [5.74, 6) is 1.95. The summed E-state index contributed by atoms with van der Waals surface area (Å²) < 4.78 is 7.39. The molecule has 18 heavy (non-hydrogen) atoms. The van der Waals surface area contributed by atoms with Crippen molar-refractivity contribution in [3.63, 3.8) is 0 Å². The first kappa shape index (κ1) is 13.9. The third-order valence-corrected chi connectivity index (χ3v) is 5.34. The van der Waals surface area contributed by atoms with Crippen LogP contribution in [0.15, 0.2) is 31.5 Å². The molecule has 0 aliphatic carbocycles. The van der Waals surface area contributed by atoms with Crippen LogP contribution in [0.4, 0.5) is 0 Å². The summed E-state index contributed by atoms with van der Waals surface area (Å²) in [6.07, 6.45) is 3.72. The van der Waals surface area contributed by atoms with Crippen LogP contribution in [-0.4, -0.2) is 28.8 Å². The lowest BCUT2D eigenvalue weighted by Gasteiger charge is -2.09. The second-order valence-corrected chi connectivity index (χ2v) is 6.95. The smallest absolute Gasteiger partial charge is 0.175 e. The Morgan fingerprint density at radius 1 is 1.44 bits per heavy atom. The van der Waals surface area contributed by atoms with Gasteiger partial charge < -0.3 is 9.73 Å². The third-order valence-electron chi connectivity index (χ3n) is 2.31. The number of rotatable bonds is 7. The van der Waals surface area contributed by atoms with Gasteiger partial charge in [-0.2, -0.15) is 0 Å². The van der Waals surface area contributed by atoms with Crippen LogP contribution in [0, 0.1) is 0 Å². The molecule has 7 heteroatoms.